The van der Waals surface area contributed by atoms with Gasteiger partial charge in [0.25, 0.3) is 5.91 Å². The largest absolute Gasteiger partial charge is 0.508 e. The van der Waals surface area contributed by atoms with E-state index in [2.05, 4.69) is 20.6 Å². The molecule has 2 amide bonds. The van der Waals surface area contributed by atoms with Crippen molar-refractivity contribution in [2.45, 2.75) is 19.0 Å². The highest BCUT2D eigenvalue weighted by atomic mass is 16.3. The molecule has 0 fully saturated rings. The number of aromatic amines is 1. The Morgan fingerprint density at radius 1 is 0.972 bits per heavy atom. The molecule has 36 heavy (non-hydrogen) atoms. The van der Waals surface area contributed by atoms with Gasteiger partial charge in [0.05, 0.1) is 0 Å². The molecule has 0 spiro atoms. The molecule has 6 N–H and O–H groups in total. The smallest absolute Gasteiger partial charge is 0.268 e. The number of amides is 2. The third kappa shape index (κ3) is 4.97. The first-order chi connectivity index (χ1) is 17.5. The van der Waals surface area contributed by atoms with Gasteiger partial charge in [-0.3, -0.25) is 9.59 Å². The third-order valence-electron chi connectivity index (χ3n) is 6.09. The predicted molar refractivity (Wildman–Crippen MR) is 139 cm³/mol. The molecule has 0 unspecified atom stereocenters. The zero-order valence-electron chi connectivity index (χ0n) is 19.4. The first kappa shape index (κ1) is 22.9. The van der Waals surface area contributed by atoms with E-state index in [4.69, 9.17) is 5.73 Å². The molecule has 0 aliphatic carbocycles. The van der Waals surface area contributed by atoms with Gasteiger partial charge < -0.3 is 26.5 Å². The Morgan fingerprint density at radius 2 is 1.81 bits per heavy atom. The Hall–Kier alpha value is -4.85. The number of aromatic hydroxyl groups is 1. The number of rotatable bonds is 7. The number of phenols is 1. The summed E-state index contributed by atoms with van der Waals surface area (Å²) in [5.74, 6) is -0.223. The lowest BCUT2D eigenvalue weighted by molar-refractivity contribution is -0.123. The standard InChI is InChI=1S/C28H25N5O3/c29-26-11-8-17(15-30-26)16-31-27(35)24(13-19-6-3-5-18-4-1-2-7-22(18)19)33-28(36)25-14-20-12-21(34)9-10-23(20)32-25/h1-12,14-15,24,32,34H,13,16H2,(H2,29,30)(H,31,35)(H,33,36)/t24-/m0/s1. The van der Waals surface area contributed by atoms with E-state index in [1.807, 2.05) is 42.5 Å². The van der Waals surface area contributed by atoms with E-state index in [0.29, 0.717) is 28.8 Å². The summed E-state index contributed by atoms with van der Waals surface area (Å²) in [6.07, 6.45) is 1.91. The molecule has 5 aromatic rings. The highest BCUT2D eigenvalue weighted by Crippen LogP contribution is 2.22. The maximum Gasteiger partial charge on any atom is 0.268 e. The number of pyridine rings is 1. The molecule has 1 atom stereocenters. The third-order valence-corrected chi connectivity index (χ3v) is 6.09. The molecular weight excluding hydrogens is 454 g/mol. The molecule has 2 heterocycles. The van der Waals surface area contributed by atoms with Gasteiger partial charge in [-0.15, -0.1) is 0 Å². The first-order valence-corrected chi connectivity index (χ1v) is 11.5. The van der Waals surface area contributed by atoms with Crippen LogP contribution in [0.1, 0.15) is 21.6 Å². The Kier molecular flexibility index (Phi) is 6.23. The van der Waals surface area contributed by atoms with Gasteiger partial charge in [-0.2, -0.15) is 0 Å². The molecule has 2 aromatic heterocycles. The number of hydrogen-bond donors (Lipinski definition) is 5. The fourth-order valence-corrected chi connectivity index (χ4v) is 4.23. The minimum absolute atomic E-state index is 0.110. The van der Waals surface area contributed by atoms with Crippen LogP contribution in [-0.2, 0) is 17.8 Å². The number of nitrogens with one attached hydrogen (secondary N) is 3. The average molecular weight is 480 g/mol. The second kappa shape index (κ2) is 9.79. The molecule has 8 heteroatoms. The maximum absolute atomic E-state index is 13.3. The van der Waals surface area contributed by atoms with E-state index in [9.17, 15) is 14.7 Å². The van der Waals surface area contributed by atoms with Crippen molar-refractivity contribution in [1.29, 1.82) is 0 Å². The van der Waals surface area contributed by atoms with Crippen molar-refractivity contribution in [3.63, 3.8) is 0 Å². The van der Waals surface area contributed by atoms with Crippen LogP contribution in [0.25, 0.3) is 21.7 Å². The van der Waals surface area contributed by atoms with E-state index < -0.39 is 11.9 Å². The van der Waals surface area contributed by atoms with Crippen molar-refractivity contribution < 1.29 is 14.7 Å². The molecule has 0 bridgehead atoms. The van der Waals surface area contributed by atoms with E-state index in [0.717, 1.165) is 21.9 Å². The van der Waals surface area contributed by atoms with E-state index in [1.54, 1.807) is 42.6 Å². The number of benzene rings is 3. The van der Waals surface area contributed by atoms with Crippen molar-refractivity contribution in [1.82, 2.24) is 20.6 Å². The van der Waals surface area contributed by atoms with Crippen LogP contribution in [0.2, 0.25) is 0 Å². The van der Waals surface area contributed by atoms with Crippen LogP contribution in [0.3, 0.4) is 0 Å². The number of fused-ring (bicyclic) bond motifs is 2. The number of aromatic nitrogens is 2. The first-order valence-electron chi connectivity index (χ1n) is 11.5. The second-order valence-corrected chi connectivity index (χ2v) is 8.63. The molecular formula is C28H25N5O3. The van der Waals surface area contributed by atoms with Crippen molar-refractivity contribution in [3.8, 4) is 5.75 Å². The van der Waals surface area contributed by atoms with Crippen LogP contribution in [0.5, 0.6) is 5.75 Å². The monoisotopic (exact) mass is 479 g/mol. The molecule has 180 valence electrons. The van der Waals surface area contributed by atoms with Crippen molar-refractivity contribution >= 4 is 39.3 Å². The molecule has 0 aliphatic heterocycles. The normalized spacial score (nSPS) is 11.9. The SMILES string of the molecule is Nc1ccc(CNC(=O)[C@H](Cc2cccc3ccccc23)NC(=O)c2cc3cc(O)ccc3[nH]2)cn1. The quantitative estimate of drug-likeness (QED) is 0.243. The second-order valence-electron chi connectivity index (χ2n) is 8.63. The molecule has 8 nitrogen and oxygen atoms in total. The van der Waals surface area contributed by atoms with Gasteiger partial charge in [0.2, 0.25) is 5.91 Å². The number of carbonyl (C=O) groups is 2. The van der Waals surface area contributed by atoms with E-state index in [-0.39, 0.29) is 18.2 Å². The van der Waals surface area contributed by atoms with Crippen LogP contribution < -0.4 is 16.4 Å². The Bertz CT molecular complexity index is 1550. The number of hydrogen-bond acceptors (Lipinski definition) is 5. The van der Waals surface area contributed by atoms with Crippen molar-refractivity contribution in [2.24, 2.45) is 0 Å². The van der Waals surface area contributed by atoms with Crippen LogP contribution in [0, 0.1) is 0 Å². The average Bonchev–Trinajstić information content (AvgIpc) is 3.31. The summed E-state index contributed by atoms with van der Waals surface area (Å²) >= 11 is 0. The lowest BCUT2D eigenvalue weighted by Crippen LogP contribution is -2.48. The zero-order valence-corrected chi connectivity index (χ0v) is 19.4. The van der Waals surface area contributed by atoms with E-state index >= 15 is 0 Å². The number of anilines is 1. The highest BCUT2D eigenvalue weighted by Gasteiger charge is 2.23. The number of H-pyrrole nitrogens is 1. The van der Waals surface area contributed by atoms with Crippen LogP contribution in [0.15, 0.2) is 85.1 Å². The summed E-state index contributed by atoms with van der Waals surface area (Å²) in [5, 5.41) is 18.3. The molecule has 3 aromatic carbocycles. The summed E-state index contributed by atoms with van der Waals surface area (Å²) in [6, 6.07) is 23.0. The van der Waals surface area contributed by atoms with Crippen LogP contribution >= 0.6 is 0 Å². The maximum atomic E-state index is 13.3. The lowest BCUT2D eigenvalue weighted by Gasteiger charge is -2.19. The van der Waals surface area contributed by atoms with Gasteiger partial charge in [0, 0.05) is 30.1 Å². The summed E-state index contributed by atoms with van der Waals surface area (Å²) in [7, 11) is 0. The topological polar surface area (TPSA) is 133 Å². The highest BCUT2D eigenvalue weighted by molar-refractivity contribution is 6.00. The number of nitrogens with zero attached hydrogens (tertiary/aromatic N) is 1. The van der Waals surface area contributed by atoms with Crippen LogP contribution in [0.4, 0.5) is 5.82 Å². The molecule has 0 aliphatic rings. The number of phenolic OH excluding ortho intramolecular Hbond substituents is 1. The number of carbonyl (C=O) groups excluding carboxylic acids is 2. The van der Waals surface area contributed by atoms with Crippen molar-refractivity contribution in [3.05, 3.63) is 102 Å². The van der Waals surface area contributed by atoms with Gasteiger partial charge >= 0.3 is 0 Å². The molecule has 0 radical (unpaired) electrons. The van der Waals surface area contributed by atoms with Gasteiger partial charge in [-0.1, -0.05) is 48.5 Å². The molecule has 0 saturated carbocycles. The Morgan fingerprint density at radius 3 is 2.64 bits per heavy atom. The Labute approximate surface area is 207 Å². The number of nitrogen functional groups attached to an aromatic ring is 1. The Balaban J connectivity index is 1.40. The lowest BCUT2D eigenvalue weighted by atomic mass is 9.98. The van der Waals surface area contributed by atoms with Gasteiger partial charge in [0.1, 0.15) is 23.3 Å². The number of nitrogens with two attached hydrogens (primary N) is 1. The molecule has 0 saturated heterocycles. The predicted octanol–water partition coefficient (Wildman–Crippen LogP) is 3.66. The van der Waals surface area contributed by atoms with Crippen molar-refractivity contribution in [2.75, 3.05) is 5.73 Å². The summed E-state index contributed by atoms with van der Waals surface area (Å²) in [6.45, 7) is 0.250. The van der Waals surface area contributed by atoms with E-state index in [1.165, 1.54) is 0 Å². The van der Waals surface area contributed by atoms with Gasteiger partial charge in [-0.25, -0.2) is 4.98 Å². The summed E-state index contributed by atoms with van der Waals surface area (Å²) < 4.78 is 0. The summed E-state index contributed by atoms with van der Waals surface area (Å²) in [4.78, 5) is 33.6. The fourth-order valence-electron chi connectivity index (χ4n) is 4.23. The molecule has 5 rings (SSSR count). The summed E-state index contributed by atoms with van der Waals surface area (Å²) in [5.41, 5.74) is 8.40. The van der Waals surface area contributed by atoms with Crippen LogP contribution in [-0.4, -0.2) is 32.9 Å². The van der Waals surface area contributed by atoms with Gasteiger partial charge in [0.15, 0.2) is 0 Å². The minimum atomic E-state index is -0.829. The minimum Gasteiger partial charge on any atom is -0.508 e. The zero-order chi connectivity index (χ0) is 25.1. The fraction of sp³-hybridized carbons (Fsp3) is 0.107. The van der Waals surface area contributed by atoms with Gasteiger partial charge in [-0.05, 0) is 52.2 Å².